The highest BCUT2D eigenvalue weighted by Crippen LogP contribution is 2.41. The van der Waals surface area contributed by atoms with Crippen LogP contribution in [0.4, 0.5) is 5.69 Å². The number of ether oxygens (including phenoxy) is 1. The van der Waals surface area contributed by atoms with Gasteiger partial charge in [0.25, 0.3) is 5.69 Å². The van der Waals surface area contributed by atoms with E-state index in [-0.39, 0.29) is 33.9 Å². The molecule has 0 fully saturated rings. The molecule has 0 aliphatic heterocycles. The maximum absolute atomic E-state index is 12.4. The van der Waals surface area contributed by atoms with Gasteiger partial charge >= 0.3 is 5.97 Å². The molecular weight excluding hydrogens is 446 g/mol. The van der Waals surface area contributed by atoms with Crippen LogP contribution in [0.2, 0.25) is 0 Å². The van der Waals surface area contributed by atoms with Crippen molar-refractivity contribution < 1.29 is 19.2 Å². The molecule has 0 saturated carbocycles. The molecule has 8 heteroatoms. The van der Waals surface area contributed by atoms with Crippen molar-refractivity contribution in [1.82, 2.24) is 0 Å². The minimum Gasteiger partial charge on any atom is -0.422 e. The molecule has 35 heavy (non-hydrogen) atoms. The molecule has 1 aliphatic rings. The van der Waals surface area contributed by atoms with Crippen LogP contribution in [0.5, 0.6) is 5.75 Å². The van der Waals surface area contributed by atoms with Gasteiger partial charge in [0.2, 0.25) is 0 Å². The van der Waals surface area contributed by atoms with Gasteiger partial charge in [0.15, 0.2) is 6.29 Å². The SMILES string of the molecule is CC1(C)CC(/C=C/c2ccc(OC(=O)c3ccc([N+](=O)[O-])cc3)c(C=O)c2)=CC(C(C#N)C#N)C1. The summed E-state index contributed by atoms with van der Waals surface area (Å²) in [4.78, 5) is 34.2. The summed E-state index contributed by atoms with van der Waals surface area (Å²) >= 11 is 0. The Kier molecular flexibility index (Phi) is 7.58. The molecule has 2 aromatic carbocycles. The van der Waals surface area contributed by atoms with Crippen molar-refractivity contribution in [3.8, 4) is 17.9 Å². The fourth-order valence-electron chi connectivity index (χ4n) is 4.14. The third-order valence-electron chi connectivity index (χ3n) is 5.77. The van der Waals surface area contributed by atoms with Crippen LogP contribution in [-0.4, -0.2) is 17.2 Å². The zero-order chi connectivity index (χ0) is 25.6. The van der Waals surface area contributed by atoms with E-state index in [1.54, 1.807) is 12.1 Å². The quantitative estimate of drug-likeness (QED) is 0.168. The van der Waals surface area contributed by atoms with Crippen LogP contribution in [0.3, 0.4) is 0 Å². The second-order valence-corrected chi connectivity index (χ2v) is 9.13. The van der Waals surface area contributed by atoms with E-state index in [1.165, 1.54) is 30.3 Å². The van der Waals surface area contributed by atoms with Crippen molar-refractivity contribution in [3.05, 3.63) is 87.0 Å². The highest BCUT2D eigenvalue weighted by Gasteiger charge is 2.32. The van der Waals surface area contributed by atoms with Gasteiger partial charge in [-0.1, -0.05) is 43.7 Å². The number of nitro groups is 1. The van der Waals surface area contributed by atoms with Gasteiger partial charge in [-0.2, -0.15) is 10.5 Å². The van der Waals surface area contributed by atoms with Crippen LogP contribution in [0.1, 0.15) is 53.0 Å². The Hall–Kier alpha value is -4.56. The Bertz CT molecular complexity index is 1280. The zero-order valence-electron chi connectivity index (χ0n) is 19.3. The van der Waals surface area contributed by atoms with Gasteiger partial charge < -0.3 is 4.74 Å². The van der Waals surface area contributed by atoms with Crippen LogP contribution in [0.25, 0.3) is 6.08 Å². The first-order chi connectivity index (χ1) is 16.7. The van der Waals surface area contributed by atoms with E-state index in [9.17, 15) is 30.2 Å². The van der Waals surface area contributed by atoms with Gasteiger partial charge in [-0.15, -0.1) is 0 Å². The highest BCUT2D eigenvalue weighted by atomic mass is 16.6. The van der Waals surface area contributed by atoms with E-state index in [4.69, 9.17) is 4.74 Å². The maximum atomic E-state index is 12.4. The smallest absolute Gasteiger partial charge is 0.343 e. The number of nitriles is 2. The van der Waals surface area contributed by atoms with E-state index in [2.05, 4.69) is 26.0 Å². The fourth-order valence-corrected chi connectivity index (χ4v) is 4.14. The van der Waals surface area contributed by atoms with Crippen molar-refractivity contribution in [2.45, 2.75) is 26.7 Å². The molecule has 0 bridgehead atoms. The summed E-state index contributed by atoms with van der Waals surface area (Å²) < 4.78 is 5.33. The lowest BCUT2D eigenvalue weighted by Gasteiger charge is -2.34. The van der Waals surface area contributed by atoms with Crippen LogP contribution in [0, 0.1) is 50.0 Å². The summed E-state index contributed by atoms with van der Waals surface area (Å²) in [5.41, 5.74) is 1.79. The summed E-state index contributed by atoms with van der Waals surface area (Å²) in [5.74, 6) is -1.52. The Morgan fingerprint density at radius 1 is 1.17 bits per heavy atom. The first-order valence-corrected chi connectivity index (χ1v) is 10.9. The second-order valence-electron chi connectivity index (χ2n) is 9.13. The van der Waals surface area contributed by atoms with Crippen molar-refractivity contribution in [2.24, 2.45) is 17.3 Å². The molecule has 0 aromatic heterocycles. The van der Waals surface area contributed by atoms with Gasteiger partial charge in [-0.3, -0.25) is 14.9 Å². The number of non-ortho nitro benzene ring substituents is 1. The number of esters is 1. The van der Waals surface area contributed by atoms with Crippen molar-refractivity contribution in [1.29, 1.82) is 10.5 Å². The van der Waals surface area contributed by atoms with E-state index in [0.29, 0.717) is 11.8 Å². The van der Waals surface area contributed by atoms with Gasteiger partial charge in [-0.05, 0) is 48.1 Å². The topological polar surface area (TPSA) is 134 Å². The summed E-state index contributed by atoms with van der Waals surface area (Å²) in [6.07, 6.45) is 7.83. The van der Waals surface area contributed by atoms with Crippen LogP contribution >= 0.6 is 0 Å². The molecule has 0 spiro atoms. The number of nitro benzene ring substituents is 1. The first kappa shape index (κ1) is 25.1. The second kappa shape index (κ2) is 10.6. The number of allylic oxidation sites excluding steroid dienone is 3. The predicted octanol–water partition coefficient (Wildman–Crippen LogP) is 5.67. The molecule has 1 aliphatic carbocycles. The number of aldehydes is 1. The minimum absolute atomic E-state index is 0.0606. The molecule has 176 valence electrons. The summed E-state index contributed by atoms with van der Waals surface area (Å²) in [7, 11) is 0. The Morgan fingerprint density at radius 2 is 1.86 bits per heavy atom. The number of benzene rings is 2. The number of carbonyl (C=O) groups excluding carboxylic acids is 2. The molecule has 0 heterocycles. The molecule has 8 nitrogen and oxygen atoms in total. The van der Waals surface area contributed by atoms with Crippen molar-refractivity contribution in [3.63, 3.8) is 0 Å². The maximum Gasteiger partial charge on any atom is 0.343 e. The number of nitrogens with zero attached hydrogens (tertiary/aromatic N) is 3. The molecule has 1 unspecified atom stereocenters. The molecule has 1 atom stereocenters. The average molecular weight is 469 g/mol. The van der Waals surface area contributed by atoms with Gasteiger partial charge in [0, 0.05) is 18.1 Å². The van der Waals surface area contributed by atoms with Gasteiger partial charge in [0.05, 0.1) is 28.2 Å². The standard InChI is InChI=1S/C27H23N3O5/c1-27(2)13-19(12-21(14-27)23(15-28)16-29)4-3-18-5-10-25(22(11-18)17-31)35-26(32)20-6-8-24(9-7-20)30(33)34/h3-12,17,21,23H,13-14H2,1-2H3/b4-3+. The predicted molar refractivity (Wildman–Crippen MR) is 128 cm³/mol. The van der Waals surface area contributed by atoms with E-state index < -0.39 is 16.8 Å². The number of rotatable bonds is 7. The fraction of sp³-hybridized carbons (Fsp3) is 0.259. The monoisotopic (exact) mass is 469 g/mol. The first-order valence-electron chi connectivity index (χ1n) is 10.9. The molecule has 0 radical (unpaired) electrons. The largest absolute Gasteiger partial charge is 0.422 e. The van der Waals surface area contributed by atoms with Crippen molar-refractivity contribution in [2.75, 3.05) is 0 Å². The Labute approximate surface area is 202 Å². The summed E-state index contributed by atoms with van der Waals surface area (Å²) in [5, 5.41) is 29.3. The Morgan fingerprint density at radius 3 is 2.46 bits per heavy atom. The third-order valence-corrected chi connectivity index (χ3v) is 5.77. The van der Waals surface area contributed by atoms with Crippen LogP contribution in [-0.2, 0) is 0 Å². The Balaban J connectivity index is 1.78. The minimum atomic E-state index is -0.739. The molecule has 0 saturated heterocycles. The van der Waals surface area contributed by atoms with E-state index in [0.717, 1.165) is 18.4 Å². The third kappa shape index (κ3) is 6.27. The molecule has 2 aromatic rings. The average Bonchev–Trinajstić information content (AvgIpc) is 2.83. The van der Waals surface area contributed by atoms with Crippen molar-refractivity contribution >= 4 is 24.0 Å². The zero-order valence-corrected chi connectivity index (χ0v) is 19.3. The van der Waals surface area contributed by atoms with E-state index in [1.807, 2.05) is 18.2 Å². The van der Waals surface area contributed by atoms with Crippen LogP contribution < -0.4 is 4.74 Å². The highest BCUT2D eigenvalue weighted by molar-refractivity contribution is 5.93. The molecule has 0 amide bonds. The van der Waals surface area contributed by atoms with Crippen LogP contribution in [0.15, 0.2) is 60.2 Å². The summed E-state index contributed by atoms with van der Waals surface area (Å²) in [6, 6.07) is 13.9. The summed E-state index contributed by atoms with van der Waals surface area (Å²) in [6.45, 7) is 4.20. The normalized spacial score (nSPS) is 16.7. The lowest BCUT2D eigenvalue weighted by molar-refractivity contribution is -0.384. The number of hydrogen-bond acceptors (Lipinski definition) is 7. The lowest BCUT2D eigenvalue weighted by Crippen LogP contribution is -2.25. The number of hydrogen-bond donors (Lipinski definition) is 0. The van der Waals surface area contributed by atoms with Gasteiger partial charge in [0.1, 0.15) is 11.7 Å². The van der Waals surface area contributed by atoms with E-state index >= 15 is 0 Å². The van der Waals surface area contributed by atoms with Gasteiger partial charge in [-0.25, -0.2) is 4.79 Å². The molecule has 0 N–H and O–H groups in total. The molecular formula is C27H23N3O5. The lowest BCUT2D eigenvalue weighted by atomic mass is 9.69. The number of carbonyl (C=O) groups is 2. The molecule has 3 rings (SSSR count).